The number of amides is 1. The molecule has 1 fully saturated rings. The Kier molecular flexibility index (Phi) is 3.86. The van der Waals surface area contributed by atoms with Crippen molar-refractivity contribution in [2.24, 2.45) is 0 Å². The Bertz CT molecular complexity index is 973. The lowest BCUT2D eigenvalue weighted by molar-refractivity contribution is -0.0494. The Hall–Kier alpha value is -2.96. The predicted molar refractivity (Wildman–Crippen MR) is 96.0 cm³/mol. The summed E-state index contributed by atoms with van der Waals surface area (Å²) in [6.07, 6.45) is -0.566. The Morgan fingerprint density at radius 1 is 1.12 bits per heavy atom. The maximum Gasteiger partial charge on any atom is 0.253 e. The topological polar surface area (TPSA) is 75.0 Å². The van der Waals surface area contributed by atoms with Crippen LogP contribution in [0.5, 0.6) is 0 Å². The molecule has 0 saturated carbocycles. The molecule has 2 heterocycles. The Morgan fingerprint density at radius 2 is 1.85 bits per heavy atom. The van der Waals surface area contributed by atoms with Crippen molar-refractivity contribution in [2.45, 2.75) is 18.8 Å². The van der Waals surface area contributed by atoms with Gasteiger partial charge in [0, 0.05) is 36.9 Å². The fourth-order valence-electron chi connectivity index (χ4n) is 3.27. The lowest BCUT2D eigenvalue weighted by Crippen LogP contribution is -2.42. The van der Waals surface area contributed by atoms with Crippen molar-refractivity contribution < 1.29 is 13.6 Å². The number of fused-ring (bicyclic) bond motifs is 1. The summed E-state index contributed by atoms with van der Waals surface area (Å²) in [6.45, 7) is 0.154. The van der Waals surface area contributed by atoms with Crippen LogP contribution in [0.1, 0.15) is 23.2 Å². The first-order valence-electron chi connectivity index (χ1n) is 8.44. The molecule has 0 bridgehead atoms. The maximum absolute atomic E-state index is 13.3. The molecule has 5 nitrogen and oxygen atoms in total. The zero-order valence-electron chi connectivity index (χ0n) is 14.0. The molecule has 1 saturated heterocycles. The number of H-pyrrole nitrogens is 1. The van der Waals surface area contributed by atoms with E-state index in [1.807, 2.05) is 24.3 Å². The van der Waals surface area contributed by atoms with Crippen LogP contribution in [0, 0.1) is 0 Å². The molecule has 0 radical (unpaired) electrons. The molecule has 134 valence electrons. The predicted octanol–water partition coefficient (Wildman–Crippen LogP) is 3.68. The highest BCUT2D eigenvalue weighted by Gasteiger charge is 2.35. The minimum atomic E-state index is -2.67. The standard InChI is InChI=1S/C19H18F2N4O/c20-19(21)6-8-25(9-7-19)18(26)14-3-1-2-12(10-14)13-4-5-16-15(11-13)17(22)24-23-16/h1-5,10-11H,6-9H2,(H3,22,23,24). The molecule has 0 unspecified atom stereocenters. The zero-order chi connectivity index (χ0) is 18.3. The number of nitrogens with zero attached hydrogens (tertiary/aromatic N) is 2. The van der Waals surface area contributed by atoms with Gasteiger partial charge in [-0.15, -0.1) is 0 Å². The second-order valence-electron chi connectivity index (χ2n) is 6.60. The molecule has 7 heteroatoms. The van der Waals surface area contributed by atoms with Crippen LogP contribution in [-0.4, -0.2) is 40.0 Å². The van der Waals surface area contributed by atoms with Crippen LogP contribution < -0.4 is 5.73 Å². The summed E-state index contributed by atoms with van der Waals surface area (Å²) in [5.74, 6) is -2.46. The number of hydrogen-bond donors (Lipinski definition) is 2. The number of nitrogen functional groups attached to an aromatic ring is 1. The van der Waals surface area contributed by atoms with Crippen LogP contribution in [0.2, 0.25) is 0 Å². The molecule has 0 atom stereocenters. The summed E-state index contributed by atoms with van der Waals surface area (Å²) in [4.78, 5) is 14.2. The highest BCUT2D eigenvalue weighted by atomic mass is 19.3. The number of carbonyl (C=O) groups is 1. The number of nitrogens with two attached hydrogens (primary N) is 1. The number of aromatic nitrogens is 2. The Labute approximate surface area is 148 Å². The van der Waals surface area contributed by atoms with Gasteiger partial charge < -0.3 is 10.6 Å². The zero-order valence-corrected chi connectivity index (χ0v) is 14.0. The van der Waals surface area contributed by atoms with E-state index in [0.29, 0.717) is 11.4 Å². The minimum absolute atomic E-state index is 0.0770. The second kappa shape index (κ2) is 6.09. The van der Waals surface area contributed by atoms with E-state index in [1.54, 1.807) is 18.2 Å². The van der Waals surface area contributed by atoms with E-state index in [4.69, 9.17) is 5.73 Å². The number of anilines is 1. The van der Waals surface area contributed by atoms with Crippen molar-refractivity contribution in [3.63, 3.8) is 0 Å². The van der Waals surface area contributed by atoms with E-state index in [1.165, 1.54) is 4.90 Å². The number of piperidine rings is 1. The van der Waals surface area contributed by atoms with Gasteiger partial charge in [0.05, 0.1) is 5.52 Å². The maximum atomic E-state index is 13.3. The molecule has 3 aromatic rings. The normalized spacial score (nSPS) is 16.8. The van der Waals surface area contributed by atoms with E-state index in [2.05, 4.69) is 10.2 Å². The fourth-order valence-corrected chi connectivity index (χ4v) is 3.27. The van der Waals surface area contributed by atoms with Gasteiger partial charge in [-0.25, -0.2) is 8.78 Å². The van der Waals surface area contributed by atoms with Gasteiger partial charge in [-0.05, 0) is 35.4 Å². The number of nitrogens with one attached hydrogen (secondary N) is 1. The van der Waals surface area contributed by atoms with Gasteiger partial charge in [-0.3, -0.25) is 9.89 Å². The summed E-state index contributed by atoms with van der Waals surface area (Å²) in [7, 11) is 0. The molecule has 2 aromatic carbocycles. The van der Waals surface area contributed by atoms with Crippen molar-refractivity contribution in [3.8, 4) is 11.1 Å². The highest BCUT2D eigenvalue weighted by Crippen LogP contribution is 2.30. The first-order valence-corrected chi connectivity index (χ1v) is 8.44. The van der Waals surface area contributed by atoms with E-state index >= 15 is 0 Å². The van der Waals surface area contributed by atoms with Crippen molar-refractivity contribution >= 4 is 22.6 Å². The number of halogens is 2. The number of hydrogen-bond acceptors (Lipinski definition) is 3. The largest absolute Gasteiger partial charge is 0.382 e. The molecule has 0 spiro atoms. The van der Waals surface area contributed by atoms with Crippen molar-refractivity contribution in [1.82, 2.24) is 15.1 Å². The average Bonchev–Trinajstić information content (AvgIpc) is 3.02. The lowest BCUT2D eigenvalue weighted by atomic mass is 10.00. The summed E-state index contributed by atoms with van der Waals surface area (Å²) in [6, 6.07) is 12.9. The number of carbonyl (C=O) groups excluding carboxylic acids is 1. The number of likely N-dealkylation sites (tertiary alicyclic amines) is 1. The third kappa shape index (κ3) is 3.00. The Balaban J connectivity index is 1.61. The third-order valence-corrected chi connectivity index (χ3v) is 4.82. The Morgan fingerprint density at radius 3 is 2.62 bits per heavy atom. The van der Waals surface area contributed by atoms with Gasteiger partial charge in [0.15, 0.2) is 5.82 Å². The molecular weight excluding hydrogens is 338 g/mol. The van der Waals surface area contributed by atoms with Crippen molar-refractivity contribution in [3.05, 3.63) is 48.0 Å². The fraction of sp³-hybridized carbons (Fsp3) is 0.263. The molecule has 26 heavy (non-hydrogen) atoms. The summed E-state index contributed by atoms with van der Waals surface area (Å²) < 4.78 is 26.6. The molecule has 4 rings (SSSR count). The van der Waals surface area contributed by atoms with Gasteiger partial charge >= 0.3 is 0 Å². The summed E-state index contributed by atoms with van der Waals surface area (Å²) in [5.41, 5.74) is 8.96. The average molecular weight is 356 g/mol. The first-order chi connectivity index (χ1) is 12.4. The van der Waals surface area contributed by atoms with Gasteiger partial charge in [-0.2, -0.15) is 5.10 Å². The third-order valence-electron chi connectivity index (χ3n) is 4.82. The lowest BCUT2D eigenvalue weighted by Gasteiger charge is -2.31. The second-order valence-corrected chi connectivity index (χ2v) is 6.60. The molecule has 1 aliphatic heterocycles. The van der Waals surface area contributed by atoms with Gasteiger partial charge in [-0.1, -0.05) is 18.2 Å². The minimum Gasteiger partial charge on any atom is -0.382 e. The van der Waals surface area contributed by atoms with Gasteiger partial charge in [0.25, 0.3) is 11.8 Å². The van der Waals surface area contributed by atoms with E-state index in [-0.39, 0.29) is 31.8 Å². The molecule has 3 N–H and O–H groups in total. The van der Waals surface area contributed by atoms with Gasteiger partial charge in [0.1, 0.15) is 0 Å². The van der Waals surface area contributed by atoms with Crippen LogP contribution in [0.4, 0.5) is 14.6 Å². The first kappa shape index (κ1) is 16.5. The van der Waals surface area contributed by atoms with E-state index in [0.717, 1.165) is 22.0 Å². The summed E-state index contributed by atoms with van der Waals surface area (Å²) in [5, 5.41) is 7.65. The highest BCUT2D eigenvalue weighted by molar-refractivity contribution is 5.96. The molecular formula is C19H18F2N4O. The van der Waals surface area contributed by atoms with Crippen molar-refractivity contribution in [1.29, 1.82) is 0 Å². The number of rotatable bonds is 2. The molecule has 1 amide bonds. The quantitative estimate of drug-likeness (QED) is 0.735. The molecule has 1 aliphatic rings. The van der Waals surface area contributed by atoms with Gasteiger partial charge in [0.2, 0.25) is 0 Å². The van der Waals surface area contributed by atoms with Crippen LogP contribution in [0.25, 0.3) is 22.0 Å². The molecule has 1 aromatic heterocycles. The monoisotopic (exact) mass is 356 g/mol. The van der Waals surface area contributed by atoms with E-state index < -0.39 is 5.92 Å². The van der Waals surface area contributed by atoms with E-state index in [9.17, 15) is 13.6 Å². The number of benzene rings is 2. The van der Waals surface area contributed by atoms with Crippen LogP contribution >= 0.6 is 0 Å². The van der Waals surface area contributed by atoms with Crippen LogP contribution in [-0.2, 0) is 0 Å². The summed E-state index contributed by atoms with van der Waals surface area (Å²) >= 11 is 0. The van der Waals surface area contributed by atoms with Crippen molar-refractivity contribution in [2.75, 3.05) is 18.8 Å². The number of aromatic amines is 1. The number of alkyl halides is 2. The van der Waals surface area contributed by atoms with Crippen LogP contribution in [0.15, 0.2) is 42.5 Å². The SMILES string of the molecule is Nc1n[nH]c2ccc(-c3cccc(C(=O)N4CCC(F)(F)CC4)c3)cc12. The van der Waals surface area contributed by atoms with Crippen LogP contribution in [0.3, 0.4) is 0 Å². The smallest absolute Gasteiger partial charge is 0.253 e. The molecule has 0 aliphatic carbocycles.